The Balaban J connectivity index is 3.00. The van der Waals surface area contributed by atoms with Gasteiger partial charge in [-0.15, -0.1) is 0 Å². The standard InChI is InChI=1S/C12H17ClFN/c1-8(2)6-9(7-15)12-10(13)4-3-5-11(12)14/h3-5,8-9H,6-7,15H2,1-2H3. The van der Waals surface area contributed by atoms with Crippen molar-refractivity contribution in [3.05, 3.63) is 34.6 Å². The average Bonchev–Trinajstić information content (AvgIpc) is 2.15. The van der Waals surface area contributed by atoms with Crippen molar-refractivity contribution in [1.82, 2.24) is 0 Å². The molecule has 0 aliphatic carbocycles. The van der Waals surface area contributed by atoms with E-state index >= 15 is 0 Å². The van der Waals surface area contributed by atoms with E-state index in [0.29, 0.717) is 23.0 Å². The lowest BCUT2D eigenvalue weighted by Gasteiger charge is -2.19. The van der Waals surface area contributed by atoms with Crippen LogP contribution in [-0.2, 0) is 0 Å². The molecule has 1 aromatic carbocycles. The van der Waals surface area contributed by atoms with E-state index in [0.717, 1.165) is 6.42 Å². The minimum absolute atomic E-state index is 0.0127. The average molecular weight is 230 g/mol. The zero-order chi connectivity index (χ0) is 11.4. The second-order valence-corrected chi connectivity index (χ2v) is 4.60. The molecule has 0 fully saturated rings. The van der Waals surface area contributed by atoms with E-state index in [1.165, 1.54) is 6.07 Å². The van der Waals surface area contributed by atoms with Crippen molar-refractivity contribution in [3.8, 4) is 0 Å². The molecule has 0 amide bonds. The highest BCUT2D eigenvalue weighted by Crippen LogP contribution is 2.30. The van der Waals surface area contributed by atoms with Gasteiger partial charge in [0, 0.05) is 16.5 Å². The Morgan fingerprint density at radius 2 is 2.07 bits per heavy atom. The summed E-state index contributed by atoms with van der Waals surface area (Å²) in [6.07, 6.45) is 0.858. The van der Waals surface area contributed by atoms with Crippen molar-refractivity contribution in [3.63, 3.8) is 0 Å². The fourth-order valence-corrected chi connectivity index (χ4v) is 2.12. The van der Waals surface area contributed by atoms with Crippen molar-refractivity contribution in [1.29, 1.82) is 0 Å². The minimum Gasteiger partial charge on any atom is -0.330 e. The number of hydrogen-bond donors (Lipinski definition) is 1. The van der Waals surface area contributed by atoms with Crippen LogP contribution in [0.5, 0.6) is 0 Å². The molecule has 15 heavy (non-hydrogen) atoms. The second kappa shape index (κ2) is 5.47. The summed E-state index contributed by atoms with van der Waals surface area (Å²) in [5.41, 5.74) is 6.23. The molecule has 0 saturated carbocycles. The van der Waals surface area contributed by atoms with Crippen LogP contribution in [0.3, 0.4) is 0 Å². The summed E-state index contributed by atoms with van der Waals surface area (Å²) in [7, 11) is 0. The molecule has 0 bridgehead atoms. The van der Waals surface area contributed by atoms with Gasteiger partial charge in [0.15, 0.2) is 0 Å². The van der Waals surface area contributed by atoms with Crippen molar-refractivity contribution >= 4 is 11.6 Å². The third-order valence-electron chi connectivity index (χ3n) is 2.45. The van der Waals surface area contributed by atoms with Gasteiger partial charge in [0.1, 0.15) is 5.82 Å². The fraction of sp³-hybridized carbons (Fsp3) is 0.500. The summed E-state index contributed by atoms with van der Waals surface area (Å²) < 4.78 is 13.6. The van der Waals surface area contributed by atoms with Gasteiger partial charge in [-0.2, -0.15) is 0 Å². The highest BCUT2D eigenvalue weighted by atomic mass is 35.5. The first-order valence-electron chi connectivity index (χ1n) is 5.20. The Labute approximate surface area is 95.4 Å². The van der Waals surface area contributed by atoms with Crippen LogP contribution in [0.2, 0.25) is 5.02 Å². The molecule has 1 unspecified atom stereocenters. The number of halogens is 2. The number of rotatable bonds is 4. The van der Waals surface area contributed by atoms with E-state index in [2.05, 4.69) is 13.8 Å². The van der Waals surface area contributed by atoms with E-state index < -0.39 is 0 Å². The van der Waals surface area contributed by atoms with Gasteiger partial charge < -0.3 is 5.73 Å². The number of benzene rings is 1. The van der Waals surface area contributed by atoms with Gasteiger partial charge in [0.25, 0.3) is 0 Å². The summed E-state index contributed by atoms with van der Waals surface area (Å²) in [5.74, 6) is 0.242. The molecular weight excluding hydrogens is 213 g/mol. The van der Waals surface area contributed by atoms with Gasteiger partial charge in [-0.05, 0) is 31.0 Å². The monoisotopic (exact) mass is 229 g/mol. The van der Waals surface area contributed by atoms with E-state index in [-0.39, 0.29) is 11.7 Å². The van der Waals surface area contributed by atoms with Crippen LogP contribution in [0.4, 0.5) is 4.39 Å². The van der Waals surface area contributed by atoms with Gasteiger partial charge in [0.05, 0.1) is 0 Å². The van der Waals surface area contributed by atoms with E-state index in [1.54, 1.807) is 12.1 Å². The molecule has 0 spiro atoms. The van der Waals surface area contributed by atoms with Gasteiger partial charge in [-0.1, -0.05) is 31.5 Å². The molecule has 0 aliphatic heterocycles. The van der Waals surface area contributed by atoms with Crippen molar-refractivity contribution in [2.75, 3.05) is 6.54 Å². The molecule has 1 atom stereocenters. The Morgan fingerprint density at radius 1 is 1.40 bits per heavy atom. The highest BCUT2D eigenvalue weighted by Gasteiger charge is 2.18. The second-order valence-electron chi connectivity index (χ2n) is 4.20. The molecule has 0 aliphatic rings. The van der Waals surface area contributed by atoms with Gasteiger partial charge in [0.2, 0.25) is 0 Å². The van der Waals surface area contributed by atoms with Crippen LogP contribution in [0.1, 0.15) is 31.7 Å². The first kappa shape index (κ1) is 12.5. The topological polar surface area (TPSA) is 26.0 Å². The maximum atomic E-state index is 13.6. The Hall–Kier alpha value is -0.600. The van der Waals surface area contributed by atoms with Gasteiger partial charge in [-0.25, -0.2) is 4.39 Å². The third kappa shape index (κ3) is 3.18. The maximum Gasteiger partial charge on any atom is 0.128 e. The normalized spacial score (nSPS) is 13.2. The molecule has 0 heterocycles. The predicted octanol–water partition coefficient (Wildman–Crippen LogP) is 3.57. The zero-order valence-electron chi connectivity index (χ0n) is 9.13. The van der Waals surface area contributed by atoms with Gasteiger partial charge >= 0.3 is 0 Å². The van der Waals surface area contributed by atoms with E-state index in [1.807, 2.05) is 0 Å². The minimum atomic E-state index is -0.251. The van der Waals surface area contributed by atoms with Crippen LogP contribution in [0.15, 0.2) is 18.2 Å². The molecule has 3 heteroatoms. The summed E-state index contributed by atoms with van der Waals surface area (Å²) in [6.45, 7) is 4.62. The fourth-order valence-electron chi connectivity index (χ4n) is 1.80. The van der Waals surface area contributed by atoms with Crippen LogP contribution < -0.4 is 5.73 Å². The summed E-state index contributed by atoms with van der Waals surface area (Å²) in [6, 6.07) is 4.76. The lowest BCUT2D eigenvalue weighted by atomic mass is 9.90. The third-order valence-corrected chi connectivity index (χ3v) is 2.78. The summed E-state index contributed by atoms with van der Waals surface area (Å²) in [4.78, 5) is 0. The van der Waals surface area contributed by atoms with Crippen molar-refractivity contribution in [2.45, 2.75) is 26.2 Å². The molecule has 0 saturated heterocycles. The van der Waals surface area contributed by atoms with Gasteiger partial charge in [-0.3, -0.25) is 0 Å². The molecule has 1 aromatic rings. The lowest BCUT2D eigenvalue weighted by molar-refractivity contribution is 0.484. The Bertz CT molecular complexity index is 305. The molecule has 1 rings (SSSR count). The Morgan fingerprint density at radius 3 is 2.53 bits per heavy atom. The van der Waals surface area contributed by atoms with Crippen LogP contribution in [0.25, 0.3) is 0 Å². The highest BCUT2D eigenvalue weighted by molar-refractivity contribution is 6.31. The molecule has 0 radical (unpaired) electrons. The lowest BCUT2D eigenvalue weighted by Crippen LogP contribution is -2.16. The largest absolute Gasteiger partial charge is 0.330 e. The van der Waals surface area contributed by atoms with Crippen LogP contribution >= 0.6 is 11.6 Å². The first-order chi connectivity index (χ1) is 7.06. The van der Waals surface area contributed by atoms with Crippen molar-refractivity contribution in [2.24, 2.45) is 11.7 Å². The molecule has 2 N–H and O–H groups in total. The number of nitrogens with two attached hydrogens (primary N) is 1. The SMILES string of the molecule is CC(C)CC(CN)c1c(F)cccc1Cl. The maximum absolute atomic E-state index is 13.6. The van der Waals surface area contributed by atoms with Crippen molar-refractivity contribution < 1.29 is 4.39 Å². The quantitative estimate of drug-likeness (QED) is 0.840. The van der Waals surface area contributed by atoms with Crippen LogP contribution in [-0.4, -0.2) is 6.54 Å². The predicted molar refractivity (Wildman–Crippen MR) is 62.7 cm³/mol. The molecular formula is C12H17ClFN. The van der Waals surface area contributed by atoms with Crippen LogP contribution in [0, 0.1) is 11.7 Å². The zero-order valence-corrected chi connectivity index (χ0v) is 9.89. The smallest absolute Gasteiger partial charge is 0.128 e. The van der Waals surface area contributed by atoms with E-state index in [4.69, 9.17) is 17.3 Å². The molecule has 1 nitrogen and oxygen atoms in total. The first-order valence-corrected chi connectivity index (χ1v) is 5.58. The Kier molecular flexibility index (Phi) is 4.55. The van der Waals surface area contributed by atoms with E-state index in [9.17, 15) is 4.39 Å². The molecule has 84 valence electrons. The summed E-state index contributed by atoms with van der Waals surface area (Å²) in [5, 5.41) is 0.478. The number of hydrogen-bond acceptors (Lipinski definition) is 1. The molecule has 0 aromatic heterocycles. The summed E-state index contributed by atoms with van der Waals surface area (Å²) >= 11 is 5.99.